The second kappa shape index (κ2) is 13.9. The van der Waals surface area contributed by atoms with Crippen LogP contribution in [0.2, 0.25) is 0 Å². The Bertz CT molecular complexity index is 1050. The minimum Gasteiger partial charge on any atom is -0.479 e. The molecule has 244 valence electrons. The zero-order chi connectivity index (χ0) is 31.7. The smallest absolute Gasteiger partial charge is 0.397 e. The summed E-state index contributed by atoms with van der Waals surface area (Å²) in [5, 5.41) is 93.8. The monoisotopic (exact) mass is 639 g/mol. The SMILES string of the molecule is CC(=O)N[C@@H]1[C@@H](O)[C@H](O[C@@H]2O[C@H](CO)[C@H](O)[C@H](O[C@@H]3O[C@H](C(=O)O)[C@H](O)[C@H](O)[C@H]3OS(=O)(=O)O)[C@H]2O)[C@@H](CO)O[C@H]1O. The molecule has 0 aromatic carbocycles. The number of aliphatic hydroxyl groups excluding tert-OH is 8. The van der Waals surface area contributed by atoms with Crippen LogP contribution in [0.5, 0.6) is 0 Å². The quantitative estimate of drug-likeness (QED) is 0.0988. The van der Waals surface area contributed by atoms with Crippen LogP contribution >= 0.6 is 0 Å². The van der Waals surface area contributed by atoms with Crippen molar-refractivity contribution in [1.82, 2.24) is 5.32 Å². The van der Waals surface area contributed by atoms with Crippen LogP contribution in [-0.2, 0) is 47.9 Å². The highest BCUT2D eigenvalue weighted by Crippen LogP contribution is 2.33. The fourth-order valence-corrected chi connectivity index (χ4v) is 5.16. The number of rotatable bonds is 10. The van der Waals surface area contributed by atoms with Crippen molar-refractivity contribution in [3.8, 4) is 0 Å². The first-order valence-electron chi connectivity index (χ1n) is 12.2. The number of amides is 1. The van der Waals surface area contributed by atoms with Gasteiger partial charge in [-0.1, -0.05) is 0 Å². The molecule has 3 saturated heterocycles. The van der Waals surface area contributed by atoms with Crippen LogP contribution in [0.1, 0.15) is 6.92 Å². The van der Waals surface area contributed by atoms with E-state index in [9.17, 15) is 64.0 Å². The molecule has 42 heavy (non-hydrogen) atoms. The zero-order valence-electron chi connectivity index (χ0n) is 21.5. The van der Waals surface area contributed by atoms with E-state index >= 15 is 0 Å². The third-order valence-electron chi connectivity index (χ3n) is 6.67. The van der Waals surface area contributed by atoms with Crippen molar-refractivity contribution in [3.05, 3.63) is 0 Å². The molecule has 1 amide bonds. The number of nitrogens with one attached hydrogen (secondary N) is 1. The Hall–Kier alpha value is -1.71. The van der Waals surface area contributed by atoms with Crippen LogP contribution in [0.3, 0.4) is 0 Å². The molecule has 3 fully saturated rings. The number of carboxylic acid groups (broad SMARTS) is 1. The number of ether oxygens (including phenoxy) is 5. The van der Waals surface area contributed by atoms with Crippen LogP contribution in [0.25, 0.3) is 0 Å². The molecule has 15 atom stereocenters. The third-order valence-corrected chi connectivity index (χ3v) is 7.13. The second-order valence-corrected chi connectivity index (χ2v) is 10.7. The van der Waals surface area contributed by atoms with Gasteiger partial charge in [0, 0.05) is 6.92 Å². The van der Waals surface area contributed by atoms with Gasteiger partial charge in [-0.25, -0.2) is 8.98 Å². The Morgan fingerprint density at radius 2 is 1.36 bits per heavy atom. The van der Waals surface area contributed by atoms with Crippen molar-refractivity contribution in [1.29, 1.82) is 0 Å². The van der Waals surface area contributed by atoms with Crippen LogP contribution in [0, 0.1) is 0 Å². The summed E-state index contributed by atoms with van der Waals surface area (Å²) in [6.45, 7) is -0.793. The van der Waals surface area contributed by atoms with Gasteiger partial charge in [0.15, 0.2) is 31.1 Å². The van der Waals surface area contributed by atoms with Gasteiger partial charge in [0.25, 0.3) is 0 Å². The topological polar surface area (TPSA) is 338 Å². The van der Waals surface area contributed by atoms with E-state index in [1.807, 2.05) is 0 Å². The molecule has 3 rings (SSSR count). The van der Waals surface area contributed by atoms with Gasteiger partial charge in [-0.3, -0.25) is 9.35 Å². The number of hydrogen-bond acceptors (Lipinski definition) is 18. The van der Waals surface area contributed by atoms with Crippen molar-refractivity contribution in [2.45, 2.75) is 99.0 Å². The molecule has 0 saturated carbocycles. The van der Waals surface area contributed by atoms with E-state index in [4.69, 9.17) is 28.2 Å². The lowest BCUT2D eigenvalue weighted by molar-refractivity contribution is -0.371. The average Bonchev–Trinajstić information content (AvgIpc) is 2.89. The average molecular weight is 640 g/mol. The normalized spacial score (nSPS) is 44.9. The fourth-order valence-electron chi connectivity index (χ4n) is 4.67. The molecule has 3 aliphatic rings. The zero-order valence-corrected chi connectivity index (χ0v) is 22.4. The molecular weight excluding hydrogens is 606 g/mol. The summed E-state index contributed by atoms with van der Waals surface area (Å²) in [4.78, 5) is 23.0. The van der Waals surface area contributed by atoms with Gasteiger partial charge in [0.05, 0.1) is 13.2 Å². The molecule has 0 unspecified atom stereocenters. The van der Waals surface area contributed by atoms with Gasteiger partial charge < -0.3 is 75.0 Å². The minimum atomic E-state index is -5.41. The van der Waals surface area contributed by atoms with Crippen LogP contribution < -0.4 is 5.32 Å². The maximum Gasteiger partial charge on any atom is 0.397 e. The van der Waals surface area contributed by atoms with E-state index in [0.717, 1.165) is 6.92 Å². The predicted molar refractivity (Wildman–Crippen MR) is 124 cm³/mol. The highest BCUT2D eigenvalue weighted by Gasteiger charge is 2.55. The van der Waals surface area contributed by atoms with Crippen molar-refractivity contribution in [3.63, 3.8) is 0 Å². The summed E-state index contributed by atoms with van der Waals surface area (Å²) >= 11 is 0. The van der Waals surface area contributed by atoms with Crippen molar-refractivity contribution < 1.29 is 96.4 Å². The Balaban J connectivity index is 1.90. The Kier molecular flexibility index (Phi) is 11.5. The molecule has 0 spiro atoms. The van der Waals surface area contributed by atoms with Crippen molar-refractivity contribution >= 4 is 22.3 Å². The number of carboxylic acids is 1. The summed E-state index contributed by atoms with van der Waals surface area (Å²) in [7, 11) is -5.41. The Morgan fingerprint density at radius 1 is 0.762 bits per heavy atom. The molecule has 21 nitrogen and oxygen atoms in total. The van der Waals surface area contributed by atoms with Crippen molar-refractivity contribution in [2.75, 3.05) is 13.2 Å². The summed E-state index contributed by atoms with van der Waals surface area (Å²) in [5.41, 5.74) is 0. The number of carbonyl (C=O) groups is 2. The summed E-state index contributed by atoms with van der Waals surface area (Å²) < 4.78 is 62.5. The lowest BCUT2D eigenvalue weighted by atomic mass is 9.95. The first kappa shape index (κ1) is 34.8. The highest BCUT2D eigenvalue weighted by atomic mass is 32.3. The third kappa shape index (κ3) is 7.68. The largest absolute Gasteiger partial charge is 0.479 e. The maximum absolute atomic E-state index is 11.5. The number of carbonyl (C=O) groups excluding carboxylic acids is 1. The molecule has 0 radical (unpaired) electrons. The molecule has 0 bridgehead atoms. The fraction of sp³-hybridized carbons (Fsp3) is 0.900. The molecule has 0 aliphatic carbocycles. The lowest BCUT2D eigenvalue weighted by Gasteiger charge is -2.48. The molecule has 3 heterocycles. The van der Waals surface area contributed by atoms with Gasteiger partial charge >= 0.3 is 16.4 Å². The van der Waals surface area contributed by atoms with Crippen molar-refractivity contribution in [2.24, 2.45) is 0 Å². The molecular formula is C20H33NO20S. The second-order valence-electron chi connectivity index (χ2n) is 9.61. The Labute approximate surface area is 236 Å². The van der Waals surface area contributed by atoms with E-state index in [0.29, 0.717) is 0 Å². The van der Waals surface area contributed by atoms with Gasteiger partial charge in [-0.15, -0.1) is 0 Å². The van der Waals surface area contributed by atoms with Gasteiger partial charge in [-0.2, -0.15) is 8.42 Å². The van der Waals surface area contributed by atoms with E-state index in [2.05, 4.69) is 9.50 Å². The van der Waals surface area contributed by atoms with E-state index in [1.165, 1.54) is 0 Å². The molecule has 3 aliphatic heterocycles. The van der Waals surface area contributed by atoms with E-state index in [1.54, 1.807) is 0 Å². The first-order chi connectivity index (χ1) is 19.5. The van der Waals surface area contributed by atoms with Crippen LogP contribution in [0.15, 0.2) is 0 Å². The van der Waals surface area contributed by atoms with E-state index in [-0.39, 0.29) is 0 Å². The first-order valence-corrected chi connectivity index (χ1v) is 13.6. The van der Waals surface area contributed by atoms with Crippen LogP contribution in [-0.4, -0.2) is 176 Å². The molecule has 11 N–H and O–H groups in total. The molecule has 22 heteroatoms. The summed E-state index contributed by atoms with van der Waals surface area (Å²) in [5.74, 6) is -2.56. The molecule has 0 aromatic heterocycles. The number of hydrogen-bond donors (Lipinski definition) is 11. The lowest BCUT2D eigenvalue weighted by Crippen LogP contribution is -2.68. The summed E-state index contributed by atoms with van der Waals surface area (Å²) in [6, 6.07) is -1.50. The molecule has 0 aromatic rings. The number of aliphatic carboxylic acids is 1. The standard InChI is InChI=1S/C20H33NO20S/c1-4(24)21-7-9(26)13(6(3-23)36-18(7)32)38-19-12(29)14(8(25)5(2-22)37-19)39-20-16(41-42(33,34)35)11(28)10(27)15(40-20)17(30)31/h5-16,18-20,22-23,25-29,32H,2-3H2,1H3,(H,21,24)(H,30,31)(H,33,34,35)/t5-,6-,7-,8+,9-,10-,11+,12-,13-,14+,15+,16-,18-,19+,20-/m1/s1. The van der Waals surface area contributed by atoms with E-state index < -0.39 is 128 Å². The Morgan fingerprint density at radius 3 is 1.88 bits per heavy atom. The predicted octanol–water partition coefficient (Wildman–Crippen LogP) is -7.51. The highest BCUT2D eigenvalue weighted by molar-refractivity contribution is 7.80. The van der Waals surface area contributed by atoms with Gasteiger partial charge in [0.2, 0.25) is 5.91 Å². The maximum atomic E-state index is 11.5. The van der Waals surface area contributed by atoms with Gasteiger partial charge in [0.1, 0.15) is 61.0 Å². The van der Waals surface area contributed by atoms with Gasteiger partial charge in [-0.05, 0) is 0 Å². The summed E-state index contributed by atoms with van der Waals surface area (Å²) in [6.07, 6.45) is -28.4. The minimum absolute atomic E-state index is 0.699. The van der Waals surface area contributed by atoms with Crippen LogP contribution in [0.4, 0.5) is 0 Å². The number of aliphatic hydroxyl groups is 8.